The molecule has 0 aliphatic heterocycles. The number of hydrogen-bond donors (Lipinski definition) is 0. The van der Waals surface area contributed by atoms with E-state index in [1.807, 2.05) is 6.20 Å². The number of benzene rings is 1. The molecular weight excluding hydrogens is 256 g/mol. The predicted octanol–water partition coefficient (Wildman–Crippen LogP) is 5.61. The minimum atomic E-state index is 1.08. The van der Waals surface area contributed by atoms with Crippen LogP contribution in [-0.4, -0.2) is 9.55 Å². The van der Waals surface area contributed by atoms with Gasteiger partial charge in [-0.1, -0.05) is 75.3 Å². The topological polar surface area (TPSA) is 17.8 Å². The smallest absolute Gasteiger partial charge is 0.139 e. The lowest BCUT2D eigenvalue weighted by atomic mass is 10.1. The first-order valence-electron chi connectivity index (χ1n) is 8.39. The predicted molar refractivity (Wildman–Crippen MR) is 90.4 cm³/mol. The molecule has 0 amide bonds. The van der Waals surface area contributed by atoms with Crippen molar-refractivity contribution in [3.8, 4) is 11.4 Å². The molecule has 0 radical (unpaired) electrons. The van der Waals surface area contributed by atoms with Gasteiger partial charge in [-0.2, -0.15) is 0 Å². The molecule has 2 heteroatoms. The summed E-state index contributed by atoms with van der Waals surface area (Å²) in [4.78, 5) is 4.52. The maximum absolute atomic E-state index is 4.52. The molecular formula is C19H28N2. The van der Waals surface area contributed by atoms with Crippen molar-refractivity contribution < 1.29 is 0 Å². The Morgan fingerprint density at radius 1 is 0.905 bits per heavy atom. The first-order chi connectivity index (χ1) is 10.3. The second kappa shape index (κ2) is 8.66. The third-order valence-electron chi connectivity index (χ3n) is 4.03. The lowest BCUT2D eigenvalue weighted by Gasteiger charge is -2.08. The van der Waals surface area contributed by atoms with Crippen molar-refractivity contribution in [3.63, 3.8) is 0 Å². The van der Waals surface area contributed by atoms with E-state index in [0.29, 0.717) is 0 Å². The molecule has 2 rings (SSSR count). The summed E-state index contributed by atoms with van der Waals surface area (Å²) in [6.45, 7) is 5.47. The van der Waals surface area contributed by atoms with Crippen LogP contribution in [0.3, 0.4) is 0 Å². The first kappa shape index (κ1) is 15.8. The van der Waals surface area contributed by atoms with E-state index >= 15 is 0 Å². The molecule has 1 aromatic heterocycles. The first-order valence-corrected chi connectivity index (χ1v) is 8.39. The van der Waals surface area contributed by atoms with Crippen LogP contribution >= 0.6 is 0 Å². The molecule has 0 aliphatic rings. The Balaban J connectivity index is 1.79. The highest BCUT2D eigenvalue weighted by molar-refractivity contribution is 5.55. The van der Waals surface area contributed by atoms with Gasteiger partial charge in [-0.3, -0.25) is 0 Å². The summed E-state index contributed by atoms with van der Waals surface area (Å²) >= 11 is 0. The Bertz CT molecular complexity index is 511. The second-order valence-corrected chi connectivity index (χ2v) is 5.93. The molecule has 0 saturated carbocycles. The summed E-state index contributed by atoms with van der Waals surface area (Å²) < 4.78 is 2.29. The Morgan fingerprint density at radius 2 is 1.57 bits per heavy atom. The van der Waals surface area contributed by atoms with Crippen LogP contribution in [0.25, 0.3) is 11.4 Å². The minimum Gasteiger partial charge on any atom is -0.331 e. The van der Waals surface area contributed by atoms with Crippen LogP contribution in [0.1, 0.15) is 57.4 Å². The summed E-state index contributed by atoms with van der Waals surface area (Å²) in [5, 5.41) is 0. The van der Waals surface area contributed by atoms with Crippen molar-refractivity contribution in [2.24, 2.45) is 0 Å². The van der Waals surface area contributed by atoms with Gasteiger partial charge in [0.05, 0.1) is 0 Å². The Kier molecular flexibility index (Phi) is 6.52. The van der Waals surface area contributed by atoms with Crippen LogP contribution < -0.4 is 0 Å². The van der Waals surface area contributed by atoms with E-state index in [1.165, 1.54) is 56.1 Å². The number of rotatable bonds is 9. The summed E-state index contributed by atoms with van der Waals surface area (Å²) in [5.41, 5.74) is 2.51. The van der Waals surface area contributed by atoms with Crippen LogP contribution in [0, 0.1) is 6.92 Å². The molecule has 114 valence electrons. The molecule has 0 N–H and O–H groups in total. The van der Waals surface area contributed by atoms with E-state index < -0.39 is 0 Å². The molecule has 0 fully saturated rings. The molecule has 0 saturated heterocycles. The monoisotopic (exact) mass is 284 g/mol. The summed E-state index contributed by atoms with van der Waals surface area (Å²) in [7, 11) is 0. The van der Waals surface area contributed by atoms with Gasteiger partial charge >= 0.3 is 0 Å². The Hall–Kier alpha value is -1.57. The number of hydrogen-bond acceptors (Lipinski definition) is 1. The third kappa shape index (κ3) is 5.04. The SMILES string of the molecule is CCCCCCCCCn1ccnc1-c1ccc(C)cc1. The van der Waals surface area contributed by atoms with Gasteiger partial charge in [0.25, 0.3) is 0 Å². The zero-order valence-corrected chi connectivity index (χ0v) is 13.5. The third-order valence-corrected chi connectivity index (χ3v) is 4.03. The molecule has 1 aromatic carbocycles. The van der Waals surface area contributed by atoms with Crippen molar-refractivity contribution in [3.05, 3.63) is 42.2 Å². The summed E-state index contributed by atoms with van der Waals surface area (Å²) in [6, 6.07) is 8.64. The molecule has 0 bridgehead atoms. The quantitative estimate of drug-likeness (QED) is 0.547. The highest BCUT2D eigenvalue weighted by Crippen LogP contribution is 2.19. The number of nitrogens with zero attached hydrogens (tertiary/aromatic N) is 2. The Morgan fingerprint density at radius 3 is 2.29 bits per heavy atom. The van der Waals surface area contributed by atoms with Crippen molar-refractivity contribution in [1.82, 2.24) is 9.55 Å². The summed E-state index contributed by atoms with van der Waals surface area (Å²) in [6.07, 6.45) is 13.5. The molecule has 0 aliphatic carbocycles. The van der Waals surface area contributed by atoms with Gasteiger partial charge in [-0.05, 0) is 13.3 Å². The average molecular weight is 284 g/mol. The molecule has 0 unspecified atom stereocenters. The van der Waals surface area contributed by atoms with Crippen molar-refractivity contribution in [2.45, 2.75) is 65.3 Å². The molecule has 2 aromatic rings. The number of aromatic nitrogens is 2. The van der Waals surface area contributed by atoms with Crippen LogP contribution in [0.2, 0.25) is 0 Å². The van der Waals surface area contributed by atoms with E-state index in [0.717, 1.165) is 12.4 Å². The van der Waals surface area contributed by atoms with E-state index in [4.69, 9.17) is 0 Å². The highest BCUT2D eigenvalue weighted by atomic mass is 15.1. The van der Waals surface area contributed by atoms with Gasteiger partial charge in [-0.25, -0.2) is 4.98 Å². The van der Waals surface area contributed by atoms with E-state index in [-0.39, 0.29) is 0 Å². The van der Waals surface area contributed by atoms with Gasteiger partial charge in [-0.15, -0.1) is 0 Å². The van der Waals surface area contributed by atoms with E-state index in [1.54, 1.807) is 0 Å². The zero-order valence-electron chi connectivity index (χ0n) is 13.5. The molecule has 1 heterocycles. The largest absolute Gasteiger partial charge is 0.331 e. The summed E-state index contributed by atoms with van der Waals surface area (Å²) in [5.74, 6) is 1.10. The normalized spacial score (nSPS) is 11.0. The van der Waals surface area contributed by atoms with Gasteiger partial charge < -0.3 is 4.57 Å². The highest BCUT2D eigenvalue weighted by Gasteiger charge is 2.05. The molecule has 0 spiro atoms. The number of aryl methyl sites for hydroxylation is 2. The van der Waals surface area contributed by atoms with Gasteiger partial charge in [0, 0.05) is 24.5 Å². The molecule has 0 atom stereocenters. The van der Waals surface area contributed by atoms with E-state index in [2.05, 4.69) is 53.9 Å². The fourth-order valence-corrected chi connectivity index (χ4v) is 2.69. The van der Waals surface area contributed by atoms with Gasteiger partial charge in [0.2, 0.25) is 0 Å². The Labute approximate surface area is 129 Å². The second-order valence-electron chi connectivity index (χ2n) is 5.93. The van der Waals surface area contributed by atoms with Gasteiger partial charge in [0.15, 0.2) is 0 Å². The zero-order chi connectivity index (χ0) is 14.9. The van der Waals surface area contributed by atoms with Crippen LogP contribution in [-0.2, 0) is 6.54 Å². The molecule has 21 heavy (non-hydrogen) atoms. The van der Waals surface area contributed by atoms with Crippen LogP contribution in [0.15, 0.2) is 36.7 Å². The van der Waals surface area contributed by atoms with Crippen molar-refractivity contribution >= 4 is 0 Å². The molecule has 2 nitrogen and oxygen atoms in total. The van der Waals surface area contributed by atoms with E-state index in [9.17, 15) is 0 Å². The lowest BCUT2D eigenvalue weighted by molar-refractivity contribution is 0.552. The maximum Gasteiger partial charge on any atom is 0.139 e. The van der Waals surface area contributed by atoms with Crippen LogP contribution in [0.4, 0.5) is 0 Å². The van der Waals surface area contributed by atoms with Crippen molar-refractivity contribution in [1.29, 1.82) is 0 Å². The number of imidazole rings is 1. The standard InChI is InChI=1S/C19H28N2/c1-3-4-5-6-7-8-9-15-21-16-14-20-19(21)18-12-10-17(2)11-13-18/h10-14,16H,3-9,15H2,1-2H3. The number of unbranched alkanes of at least 4 members (excludes halogenated alkanes) is 6. The fraction of sp³-hybridized carbons (Fsp3) is 0.526. The van der Waals surface area contributed by atoms with Crippen molar-refractivity contribution in [2.75, 3.05) is 0 Å². The fourth-order valence-electron chi connectivity index (χ4n) is 2.69. The minimum absolute atomic E-state index is 1.08. The maximum atomic E-state index is 4.52. The lowest BCUT2D eigenvalue weighted by Crippen LogP contribution is -1.99. The van der Waals surface area contributed by atoms with Gasteiger partial charge in [0.1, 0.15) is 5.82 Å². The average Bonchev–Trinajstić information content (AvgIpc) is 2.95. The van der Waals surface area contributed by atoms with Crippen LogP contribution in [0.5, 0.6) is 0 Å².